The van der Waals surface area contributed by atoms with Crippen LogP contribution in [0.25, 0.3) is 0 Å². The summed E-state index contributed by atoms with van der Waals surface area (Å²) in [6.07, 6.45) is -10.3. The van der Waals surface area contributed by atoms with Gasteiger partial charge in [0.05, 0.1) is 37.8 Å². The first-order chi connectivity index (χ1) is 29.4. The molecule has 8 aliphatic rings. The lowest BCUT2D eigenvalue weighted by molar-refractivity contribution is -0.361. The fourth-order valence-corrected chi connectivity index (χ4v) is 13.7. The molecular formula is C45H74O17. The number of hydrogen-bond donors (Lipinski definition) is 10. The van der Waals surface area contributed by atoms with Crippen LogP contribution in [0.2, 0.25) is 0 Å². The monoisotopic (exact) mass is 886 g/mol. The summed E-state index contributed by atoms with van der Waals surface area (Å²) in [6.45, 7) is 10.0. The van der Waals surface area contributed by atoms with Crippen LogP contribution in [0, 0.1) is 46.3 Å². The third-order valence-electron chi connectivity index (χ3n) is 17.3. The number of rotatable bonds is 12. The third-order valence-corrected chi connectivity index (χ3v) is 17.3. The van der Waals surface area contributed by atoms with Gasteiger partial charge in [-0.1, -0.05) is 20.8 Å². The van der Waals surface area contributed by atoms with Gasteiger partial charge in [-0.3, -0.25) is 0 Å². The molecule has 3 saturated heterocycles. The summed E-state index contributed by atoms with van der Waals surface area (Å²) in [5.41, 5.74) is 1.66. The predicted octanol–water partition coefficient (Wildman–Crippen LogP) is 0.198. The molecule has 0 aromatic rings. The zero-order valence-electron chi connectivity index (χ0n) is 36.8. The minimum absolute atomic E-state index is 0.105. The minimum Gasteiger partial charge on any atom is -0.494 e. The lowest BCUT2D eigenvalue weighted by atomic mass is 9.44. The van der Waals surface area contributed by atoms with Crippen molar-refractivity contribution in [1.29, 1.82) is 0 Å². The van der Waals surface area contributed by atoms with E-state index in [2.05, 4.69) is 27.7 Å². The second kappa shape index (κ2) is 18.5. The normalized spacial score (nSPS) is 53.3. The molecule has 356 valence electrons. The van der Waals surface area contributed by atoms with E-state index in [9.17, 15) is 51.1 Å². The molecule has 10 N–H and O–H groups in total. The average Bonchev–Trinajstić information content (AvgIpc) is 3.74. The van der Waals surface area contributed by atoms with Gasteiger partial charge in [0.2, 0.25) is 0 Å². The first-order valence-electron chi connectivity index (χ1n) is 23.3. The molecule has 0 aromatic carbocycles. The minimum atomic E-state index is -1.63. The van der Waals surface area contributed by atoms with Gasteiger partial charge in [0.25, 0.3) is 0 Å². The fraction of sp³-hybridized carbons (Fsp3) is 0.956. The zero-order valence-corrected chi connectivity index (χ0v) is 36.8. The van der Waals surface area contributed by atoms with Crippen molar-refractivity contribution in [2.75, 3.05) is 19.8 Å². The molecule has 0 amide bonds. The van der Waals surface area contributed by atoms with Gasteiger partial charge in [-0.25, -0.2) is 0 Å². The Morgan fingerprint density at radius 1 is 0.677 bits per heavy atom. The SMILES string of the molecule is CC1=C(CC[C@H](C)CO[C@@H]2O[C@H](CO)[C@@H](O)[C@H](O)[C@H]2O)OC2C[C@H]3[C@@H]4CCC5C[C@@H](O[C@@H]6O[C@H](CO)[C@@H](O[C@@H]7O[C@@H](C)[C@H](O)[C@@H](O)[C@H]7O)[C@H](O)[C@H]6O)CC[C@]5(C)[C@H]4CC[C@]3(C)C12. The molecule has 4 aliphatic heterocycles. The Labute approximate surface area is 364 Å². The predicted molar refractivity (Wildman–Crippen MR) is 216 cm³/mol. The van der Waals surface area contributed by atoms with Crippen LogP contribution in [-0.4, -0.2) is 175 Å². The van der Waals surface area contributed by atoms with Crippen LogP contribution < -0.4 is 0 Å². The van der Waals surface area contributed by atoms with E-state index in [1.54, 1.807) is 0 Å². The maximum Gasteiger partial charge on any atom is 0.187 e. The summed E-state index contributed by atoms with van der Waals surface area (Å²) >= 11 is 0. The largest absolute Gasteiger partial charge is 0.494 e. The Hall–Kier alpha value is -1.10. The summed E-state index contributed by atoms with van der Waals surface area (Å²) in [7, 11) is 0. The van der Waals surface area contributed by atoms with Crippen molar-refractivity contribution in [1.82, 2.24) is 0 Å². The van der Waals surface area contributed by atoms with E-state index in [0.29, 0.717) is 29.6 Å². The van der Waals surface area contributed by atoms with Gasteiger partial charge in [-0.05, 0) is 118 Å². The highest BCUT2D eigenvalue weighted by Crippen LogP contribution is 2.70. The molecule has 0 radical (unpaired) electrons. The van der Waals surface area contributed by atoms with Gasteiger partial charge in [-0.15, -0.1) is 0 Å². The van der Waals surface area contributed by atoms with E-state index in [0.717, 1.165) is 63.5 Å². The van der Waals surface area contributed by atoms with Crippen LogP contribution in [0.15, 0.2) is 11.3 Å². The molecular weight excluding hydrogens is 812 g/mol. The van der Waals surface area contributed by atoms with Crippen LogP contribution in [0.5, 0.6) is 0 Å². The van der Waals surface area contributed by atoms with Gasteiger partial charge in [-0.2, -0.15) is 0 Å². The van der Waals surface area contributed by atoms with Crippen molar-refractivity contribution >= 4 is 0 Å². The van der Waals surface area contributed by atoms with Gasteiger partial charge >= 0.3 is 0 Å². The van der Waals surface area contributed by atoms with Gasteiger partial charge in [0, 0.05) is 12.3 Å². The maximum absolute atomic E-state index is 11.2. The van der Waals surface area contributed by atoms with Crippen molar-refractivity contribution in [3.8, 4) is 0 Å². The molecule has 8 rings (SSSR count). The van der Waals surface area contributed by atoms with Gasteiger partial charge < -0.3 is 84.2 Å². The Bertz CT molecular complexity index is 1570. The highest BCUT2D eigenvalue weighted by atomic mass is 16.7. The van der Waals surface area contributed by atoms with E-state index >= 15 is 0 Å². The summed E-state index contributed by atoms with van der Waals surface area (Å²) in [5.74, 6) is 3.75. The second-order valence-corrected chi connectivity index (χ2v) is 20.9. The van der Waals surface area contributed by atoms with Crippen LogP contribution in [0.1, 0.15) is 98.8 Å². The topological polar surface area (TPSA) is 267 Å². The Morgan fingerprint density at radius 2 is 1.32 bits per heavy atom. The van der Waals surface area contributed by atoms with Crippen molar-refractivity contribution < 1.29 is 84.2 Å². The molecule has 4 heterocycles. The summed E-state index contributed by atoms with van der Waals surface area (Å²) in [5, 5.41) is 103. The standard InChI is InChI=1S/C45H74O17/c1-19(18-56-41-37(53)35(51)33(49)29(16-46)60-41)6-9-27-20(2)31-28(59-27)15-26-24-8-7-22-14-23(10-12-44(22,4)25(24)11-13-45(26,31)5)58-43-39(55)36(52)40(30(17-47)61-43)62-42-38(54)34(50)32(48)21(3)57-42/h19,21-26,28-43,46-55H,6-18H2,1-5H3/t19-,21-,22?,23-,24+,25-,26-,28?,29+,30+,31?,32-,33+,34+,35-,36+,37+,38+,39+,40+,41+,42-,43+,44-,45-/m0/s1. The molecule has 4 saturated carbocycles. The van der Waals surface area contributed by atoms with E-state index in [1.807, 2.05) is 0 Å². The molecule has 0 bridgehead atoms. The summed E-state index contributed by atoms with van der Waals surface area (Å²) < 4.78 is 41.9. The molecule has 3 unspecified atom stereocenters. The molecule has 0 spiro atoms. The van der Waals surface area contributed by atoms with E-state index in [-0.39, 0.29) is 35.6 Å². The Kier molecular flexibility index (Phi) is 14.2. The zero-order chi connectivity index (χ0) is 44.6. The average molecular weight is 887 g/mol. The van der Waals surface area contributed by atoms with Crippen molar-refractivity contribution in [3.05, 3.63) is 11.3 Å². The molecule has 25 atom stereocenters. The van der Waals surface area contributed by atoms with Crippen LogP contribution >= 0.6 is 0 Å². The second-order valence-electron chi connectivity index (χ2n) is 20.9. The number of aliphatic hydroxyl groups is 10. The van der Waals surface area contributed by atoms with Crippen molar-refractivity contribution in [2.24, 2.45) is 46.3 Å². The molecule has 62 heavy (non-hydrogen) atoms. The molecule has 7 fully saturated rings. The van der Waals surface area contributed by atoms with Crippen LogP contribution in [0.4, 0.5) is 0 Å². The lowest BCUT2D eigenvalue weighted by Gasteiger charge is -2.61. The number of allylic oxidation sites excluding steroid dienone is 1. The number of aliphatic hydroxyl groups excluding tert-OH is 10. The van der Waals surface area contributed by atoms with Crippen molar-refractivity contribution in [2.45, 2.75) is 203 Å². The van der Waals surface area contributed by atoms with Gasteiger partial charge in [0.1, 0.15) is 73.2 Å². The molecule has 4 aliphatic carbocycles. The number of ether oxygens (including phenoxy) is 7. The quantitative estimate of drug-likeness (QED) is 0.117. The van der Waals surface area contributed by atoms with Crippen LogP contribution in [0.3, 0.4) is 0 Å². The summed E-state index contributed by atoms with van der Waals surface area (Å²) in [4.78, 5) is 0. The molecule has 0 aromatic heterocycles. The fourth-order valence-electron chi connectivity index (χ4n) is 13.7. The van der Waals surface area contributed by atoms with Gasteiger partial charge in [0.15, 0.2) is 18.9 Å². The van der Waals surface area contributed by atoms with Crippen LogP contribution in [-0.2, 0) is 33.2 Å². The molecule has 17 heteroatoms. The number of hydrogen-bond acceptors (Lipinski definition) is 17. The van der Waals surface area contributed by atoms with E-state index in [1.165, 1.54) is 18.9 Å². The Balaban J connectivity index is 0.838. The smallest absolute Gasteiger partial charge is 0.187 e. The highest BCUT2D eigenvalue weighted by molar-refractivity contribution is 5.26. The number of fused-ring (bicyclic) bond motifs is 7. The highest BCUT2D eigenvalue weighted by Gasteiger charge is 2.65. The first kappa shape index (κ1) is 47.4. The van der Waals surface area contributed by atoms with Crippen molar-refractivity contribution in [3.63, 3.8) is 0 Å². The lowest BCUT2D eigenvalue weighted by Crippen LogP contribution is -2.64. The third kappa shape index (κ3) is 8.34. The summed E-state index contributed by atoms with van der Waals surface area (Å²) in [6, 6.07) is 0. The van der Waals surface area contributed by atoms with E-state index in [4.69, 9.17) is 33.2 Å². The Morgan fingerprint density at radius 3 is 2.05 bits per heavy atom. The maximum atomic E-state index is 11.2. The first-order valence-corrected chi connectivity index (χ1v) is 23.3. The van der Waals surface area contributed by atoms with E-state index < -0.39 is 105 Å². The molecule has 17 nitrogen and oxygen atoms in total.